The lowest BCUT2D eigenvalue weighted by molar-refractivity contribution is -0.145. The number of benzene rings is 1. The molecule has 21 heavy (non-hydrogen) atoms. The summed E-state index contributed by atoms with van der Waals surface area (Å²) in [6, 6.07) is 9.78. The highest BCUT2D eigenvalue weighted by atomic mass is 16.5. The zero-order valence-electron chi connectivity index (χ0n) is 12.7. The zero-order chi connectivity index (χ0) is 15.2. The molecule has 0 aromatic heterocycles. The van der Waals surface area contributed by atoms with Crippen LogP contribution in [0.3, 0.4) is 0 Å². The Hall–Kier alpha value is -1.84. The second-order valence-corrected chi connectivity index (χ2v) is 5.83. The number of amides is 1. The number of carbonyl (C=O) groups excluding carboxylic acids is 2. The van der Waals surface area contributed by atoms with Crippen LogP contribution in [0, 0.1) is 11.8 Å². The highest BCUT2D eigenvalue weighted by Crippen LogP contribution is 2.37. The van der Waals surface area contributed by atoms with Crippen molar-refractivity contribution in [3.05, 3.63) is 35.9 Å². The maximum atomic E-state index is 11.7. The van der Waals surface area contributed by atoms with Crippen LogP contribution in [-0.4, -0.2) is 29.9 Å². The zero-order valence-corrected chi connectivity index (χ0v) is 12.7. The van der Waals surface area contributed by atoms with E-state index in [0.717, 1.165) is 12.0 Å². The molecule has 4 nitrogen and oxygen atoms in total. The minimum atomic E-state index is -0.214. The molecule has 0 spiro atoms. The van der Waals surface area contributed by atoms with E-state index in [-0.39, 0.29) is 18.3 Å². The van der Waals surface area contributed by atoms with E-state index in [1.807, 2.05) is 30.3 Å². The first-order valence-corrected chi connectivity index (χ1v) is 7.51. The minimum absolute atomic E-state index is 0.0255. The second kappa shape index (κ2) is 7.25. The van der Waals surface area contributed by atoms with Crippen molar-refractivity contribution in [3.63, 3.8) is 0 Å². The summed E-state index contributed by atoms with van der Waals surface area (Å²) in [7, 11) is 0. The largest absolute Gasteiger partial charge is 0.465 e. The standard InChI is InChI=1S/C17H23NO3/c1-13-10-16(13)12-21-17(20)8-9-18(14(2)19)11-15-6-4-3-5-7-15/h3-7,13,16H,8-12H2,1-2H3. The molecule has 1 aliphatic rings. The van der Waals surface area contributed by atoms with Gasteiger partial charge in [-0.1, -0.05) is 37.3 Å². The molecule has 2 atom stereocenters. The van der Waals surface area contributed by atoms with Crippen LogP contribution in [0.5, 0.6) is 0 Å². The van der Waals surface area contributed by atoms with Crippen molar-refractivity contribution in [2.45, 2.75) is 33.2 Å². The van der Waals surface area contributed by atoms with Crippen LogP contribution >= 0.6 is 0 Å². The molecule has 0 saturated heterocycles. The molecule has 1 amide bonds. The molecule has 1 aromatic carbocycles. The van der Waals surface area contributed by atoms with Gasteiger partial charge in [-0.15, -0.1) is 0 Å². The first-order chi connectivity index (χ1) is 10.1. The molecule has 1 fully saturated rings. The average molecular weight is 289 g/mol. The summed E-state index contributed by atoms with van der Waals surface area (Å²) in [5.74, 6) is 0.989. The van der Waals surface area contributed by atoms with Crippen molar-refractivity contribution in [3.8, 4) is 0 Å². The molecule has 0 heterocycles. The van der Waals surface area contributed by atoms with Crippen LogP contribution in [0.25, 0.3) is 0 Å². The fraction of sp³-hybridized carbons (Fsp3) is 0.529. The lowest BCUT2D eigenvalue weighted by Crippen LogP contribution is -2.30. The lowest BCUT2D eigenvalue weighted by Gasteiger charge is -2.20. The van der Waals surface area contributed by atoms with Gasteiger partial charge in [0, 0.05) is 20.0 Å². The Balaban J connectivity index is 1.74. The molecule has 0 bridgehead atoms. The monoisotopic (exact) mass is 289 g/mol. The summed E-state index contributed by atoms with van der Waals surface area (Å²) >= 11 is 0. The Morgan fingerprint density at radius 1 is 1.29 bits per heavy atom. The van der Waals surface area contributed by atoms with Crippen molar-refractivity contribution < 1.29 is 14.3 Å². The highest BCUT2D eigenvalue weighted by Gasteiger charge is 2.33. The lowest BCUT2D eigenvalue weighted by atomic mass is 10.2. The van der Waals surface area contributed by atoms with Crippen molar-refractivity contribution in [2.24, 2.45) is 11.8 Å². The molecule has 1 aliphatic carbocycles. The van der Waals surface area contributed by atoms with Gasteiger partial charge in [-0.25, -0.2) is 0 Å². The van der Waals surface area contributed by atoms with Gasteiger partial charge in [-0.2, -0.15) is 0 Å². The van der Waals surface area contributed by atoms with Gasteiger partial charge in [0.1, 0.15) is 0 Å². The van der Waals surface area contributed by atoms with E-state index in [0.29, 0.717) is 31.5 Å². The third-order valence-corrected chi connectivity index (χ3v) is 3.98. The summed E-state index contributed by atoms with van der Waals surface area (Å²) in [4.78, 5) is 25.0. The molecule has 2 rings (SSSR count). The van der Waals surface area contributed by atoms with Gasteiger partial charge in [0.2, 0.25) is 5.91 Å². The molecule has 0 aliphatic heterocycles. The van der Waals surface area contributed by atoms with Crippen molar-refractivity contribution in [2.75, 3.05) is 13.2 Å². The molecule has 2 unspecified atom stereocenters. The summed E-state index contributed by atoms with van der Waals surface area (Å²) < 4.78 is 5.24. The van der Waals surface area contributed by atoms with Crippen LogP contribution in [0.4, 0.5) is 0 Å². The van der Waals surface area contributed by atoms with E-state index >= 15 is 0 Å². The molecule has 1 saturated carbocycles. The number of hydrogen-bond acceptors (Lipinski definition) is 3. The van der Waals surface area contributed by atoms with Gasteiger partial charge in [0.05, 0.1) is 13.0 Å². The fourth-order valence-corrected chi connectivity index (χ4v) is 2.28. The van der Waals surface area contributed by atoms with Crippen LogP contribution in [0.2, 0.25) is 0 Å². The molecule has 4 heteroatoms. The van der Waals surface area contributed by atoms with Crippen molar-refractivity contribution >= 4 is 11.9 Å². The van der Waals surface area contributed by atoms with Gasteiger partial charge in [-0.3, -0.25) is 9.59 Å². The molecule has 0 N–H and O–H groups in total. The number of hydrogen-bond donors (Lipinski definition) is 0. The Morgan fingerprint density at radius 3 is 2.52 bits per heavy atom. The molecule has 0 radical (unpaired) electrons. The first-order valence-electron chi connectivity index (χ1n) is 7.51. The van der Waals surface area contributed by atoms with Gasteiger partial charge in [-0.05, 0) is 23.8 Å². The Bertz CT molecular complexity index is 486. The van der Waals surface area contributed by atoms with Crippen LogP contribution < -0.4 is 0 Å². The average Bonchev–Trinajstić information content (AvgIpc) is 3.18. The molecular weight excluding hydrogens is 266 g/mol. The third kappa shape index (κ3) is 5.21. The predicted octanol–water partition coefficient (Wildman–Crippen LogP) is 2.62. The second-order valence-electron chi connectivity index (χ2n) is 5.83. The van der Waals surface area contributed by atoms with E-state index < -0.39 is 0 Å². The van der Waals surface area contributed by atoms with Gasteiger partial charge in [0.15, 0.2) is 0 Å². The van der Waals surface area contributed by atoms with Crippen molar-refractivity contribution in [1.82, 2.24) is 4.90 Å². The molecule has 1 aromatic rings. The Morgan fingerprint density at radius 2 is 1.95 bits per heavy atom. The Labute approximate surface area is 126 Å². The summed E-state index contributed by atoms with van der Waals surface area (Å²) in [6.45, 7) is 5.15. The summed E-state index contributed by atoms with van der Waals surface area (Å²) in [5.41, 5.74) is 1.06. The topological polar surface area (TPSA) is 46.6 Å². The van der Waals surface area contributed by atoms with Crippen LogP contribution in [0.15, 0.2) is 30.3 Å². The summed E-state index contributed by atoms with van der Waals surface area (Å²) in [5, 5.41) is 0. The minimum Gasteiger partial charge on any atom is -0.465 e. The van der Waals surface area contributed by atoms with Gasteiger partial charge >= 0.3 is 5.97 Å². The fourth-order valence-electron chi connectivity index (χ4n) is 2.28. The number of esters is 1. The summed E-state index contributed by atoms with van der Waals surface area (Å²) in [6.07, 6.45) is 1.41. The normalized spacial score (nSPS) is 19.9. The van der Waals surface area contributed by atoms with E-state index in [4.69, 9.17) is 4.74 Å². The highest BCUT2D eigenvalue weighted by molar-refractivity contribution is 5.75. The van der Waals surface area contributed by atoms with Gasteiger partial charge < -0.3 is 9.64 Å². The maximum absolute atomic E-state index is 11.7. The van der Waals surface area contributed by atoms with E-state index in [2.05, 4.69) is 6.92 Å². The number of rotatable bonds is 7. The predicted molar refractivity (Wildman–Crippen MR) is 80.4 cm³/mol. The van der Waals surface area contributed by atoms with E-state index in [1.54, 1.807) is 4.90 Å². The number of carbonyl (C=O) groups is 2. The van der Waals surface area contributed by atoms with Crippen LogP contribution in [0.1, 0.15) is 32.3 Å². The number of ether oxygens (including phenoxy) is 1. The molecule has 114 valence electrons. The number of nitrogens with zero attached hydrogens (tertiary/aromatic N) is 1. The Kier molecular flexibility index (Phi) is 5.37. The third-order valence-electron chi connectivity index (χ3n) is 3.98. The quantitative estimate of drug-likeness (QED) is 0.725. The van der Waals surface area contributed by atoms with Crippen molar-refractivity contribution in [1.29, 1.82) is 0 Å². The van der Waals surface area contributed by atoms with Gasteiger partial charge in [0.25, 0.3) is 0 Å². The first kappa shape index (κ1) is 15.5. The smallest absolute Gasteiger partial charge is 0.307 e. The molecular formula is C17H23NO3. The van der Waals surface area contributed by atoms with E-state index in [9.17, 15) is 9.59 Å². The van der Waals surface area contributed by atoms with Crippen LogP contribution in [-0.2, 0) is 20.9 Å². The SMILES string of the molecule is CC(=O)N(CCC(=O)OCC1CC1C)Cc1ccccc1. The van der Waals surface area contributed by atoms with E-state index in [1.165, 1.54) is 6.92 Å². The maximum Gasteiger partial charge on any atom is 0.307 e.